The maximum atomic E-state index is 11.0. The third-order valence-corrected chi connectivity index (χ3v) is 2.84. The summed E-state index contributed by atoms with van der Waals surface area (Å²) >= 11 is 5.99. The second kappa shape index (κ2) is 3.28. The normalized spacial score (nSPS) is 20.6. The molecule has 76 valence electrons. The second-order valence-corrected chi connectivity index (χ2v) is 4.13. The SMILES string of the molecule is Cc1nc2n(c1C(=O)O)CC(Cl)CC2. The predicted octanol–water partition coefficient (Wildman–Crippen LogP) is 1.44. The molecule has 1 aliphatic rings. The van der Waals surface area contributed by atoms with Crippen molar-refractivity contribution >= 4 is 17.6 Å². The van der Waals surface area contributed by atoms with E-state index in [0.29, 0.717) is 12.2 Å². The Hall–Kier alpha value is -1.03. The van der Waals surface area contributed by atoms with E-state index in [2.05, 4.69) is 4.98 Å². The van der Waals surface area contributed by atoms with Gasteiger partial charge in [0.15, 0.2) is 0 Å². The van der Waals surface area contributed by atoms with Gasteiger partial charge in [0.25, 0.3) is 0 Å². The summed E-state index contributed by atoms with van der Waals surface area (Å²) in [5.74, 6) is -0.0798. The fourth-order valence-corrected chi connectivity index (χ4v) is 2.11. The molecule has 1 N–H and O–H groups in total. The molecular formula is C9H11ClN2O2. The van der Waals surface area contributed by atoms with Crippen LogP contribution in [-0.4, -0.2) is 26.0 Å². The maximum Gasteiger partial charge on any atom is 0.354 e. The van der Waals surface area contributed by atoms with E-state index in [9.17, 15) is 4.79 Å². The van der Waals surface area contributed by atoms with E-state index in [-0.39, 0.29) is 11.1 Å². The number of hydrogen-bond donors (Lipinski definition) is 1. The van der Waals surface area contributed by atoms with Crippen molar-refractivity contribution in [2.24, 2.45) is 0 Å². The van der Waals surface area contributed by atoms with Gasteiger partial charge in [-0.1, -0.05) is 0 Å². The number of aromatic nitrogens is 2. The van der Waals surface area contributed by atoms with E-state index < -0.39 is 5.97 Å². The third kappa shape index (κ3) is 1.39. The molecule has 2 heterocycles. The number of nitrogens with zero attached hydrogens (tertiary/aromatic N) is 2. The summed E-state index contributed by atoms with van der Waals surface area (Å²) in [4.78, 5) is 15.2. The Labute approximate surface area is 86.5 Å². The van der Waals surface area contributed by atoms with Crippen molar-refractivity contribution in [3.05, 3.63) is 17.2 Å². The van der Waals surface area contributed by atoms with E-state index >= 15 is 0 Å². The molecule has 1 unspecified atom stereocenters. The van der Waals surface area contributed by atoms with Crippen LogP contribution >= 0.6 is 11.6 Å². The smallest absolute Gasteiger partial charge is 0.354 e. The molecule has 1 atom stereocenters. The zero-order valence-corrected chi connectivity index (χ0v) is 8.58. The standard InChI is InChI=1S/C9H11ClN2O2/c1-5-8(9(13)14)12-4-6(10)2-3-7(12)11-5/h6H,2-4H2,1H3,(H,13,14). The highest BCUT2D eigenvalue weighted by Crippen LogP contribution is 2.22. The van der Waals surface area contributed by atoms with Crippen molar-refractivity contribution in [3.63, 3.8) is 0 Å². The van der Waals surface area contributed by atoms with Gasteiger partial charge in [-0.3, -0.25) is 0 Å². The zero-order chi connectivity index (χ0) is 10.3. The third-order valence-electron chi connectivity index (χ3n) is 2.49. The summed E-state index contributed by atoms with van der Waals surface area (Å²) in [6.07, 6.45) is 1.64. The Bertz CT molecular complexity index is 386. The van der Waals surface area contributed by atoms with Gasteiger partial charge in [-0.2, -0.15) is 0 Å². The highest BCUT2D eigenvalue weighted by molar-refractivity contribution is 6.20. The molecule has 0 amide bonds. The molecule has 0 aromatic carbocycles. The van der Waals surface area contributed by atoms with Crippen LogP contribution < -0.4 is 0 Å². The second-order valence-electron chi connectivity index (χ2n) is 3.51. The first kappa shape index (κ1) is 9.52. The molecular weight excluding hydrogens is 204 g/mol. The molecule has 1 aliphatic heterocycles. The predicted molar refractivity (Wildman–Crippen MR) is 51.9 cm³/mol. The van der Waals surface area contributed by atoms with Gasteiger partial charge >= 0.3 is 5.97 Å². The van der Waals surface area contributed by atoms with Gasteiger partial charge in [0, 0.05) is 13.0 Å². The number of hydrogen-bond acceptors (Lipinski definition) is 2. The van der Waals surface area contributed by atoms with Gasteiger partial charge < -0.3 is 9.67 Å². The molecule has 2 rings (SSSR count). The van der Waals surface area contributed by atoms with E-state index in [0.717, 1.165) is 18.7 Å². The van der Waals surface area contributed by atoms with Gasteiger partial charge in [-0.25, -0.2) is 9.78 Å². The number of alkyl halides is 1. The van der Waals surface area contributed by atoms with Crippen molar-refractivity contribution in [1.82, 2.24) is 9.55 Å². The minimum absolute atomic E-state index is 0.0224. The Morgan fingerprint density at radius 1 is 1.71 bits per heavy atom. The molecule has 5 heteroatoms. The molecule has 0 aliphatic carbocycles. The van der Waals surface area contributed by atoms with Crippen molar-refractivity contribution < 1.29 is 9.90 Å². The van der Waals surface area contributed by atoms with Gasteiger partial charge in [0.05, 0.1) is 11.1 Å². The number of carboxylic acid groups (broad SMARTS) is 1. The number of carboxylic acids is 1. The quantitative estimate of drug-likeness (QED) is 0.720. The Morgan fingerprint density at radius 2 is 2.43 bits per heavy atom. The number of aryl methyl sites for hydroxylation is 2. The summed E-state index contributed by atoms with van der Waals surface area (Å²) in [6, 6.07) is 0. The number of carbonyl (C=O) groups is 1. The van der Waals surface area contributed by atoms with E-state index in [1.807, 2.05) is 0 Å². The summed E-state index contributed by atoms with van der Waals surface area (Å²) in [7, 11) is 0. The van der Waals surface area contributed by atoms with E-state index in [4.69, 9.17) is 16.7 Å². The Balaban J connectivity index is 2.50. The van der Waals surface area contributed by atoms with Crippen molar-refractivity contribution in [2.45, 2.75) is 31.7 Å². The fourth-order valence-electron chi connectivity index (χ4n) is 1.86. The van der Waals surface area contributed by atoms with Crippen molar-refractivity contribution in [3.8, 4) is 0 Å². The van der Waals surface area contributed by atoms with E-state index in [1.165, 1.54) is 0 Å². The number of fused-ring (bicyclic) bond motifs is 1. The van der Waals surface area contributed by atoms with Crippen LogP contribution in [0.2, 0.25) is 0 Å². The summed E-state index contributed by atoms with van der Waals surface area (Å²) < 4.78 is 1.72. The van der Waals surface area contributed by atoms with Crippen molar-refractivity contribution in [1.29, 1.82) is 0 Å². The highest BCUT2D eigenvalue weighted by Gasteiger charge is 2.25. The van der Waals surface area contributed by atoms with Crippen molar-refractivity contribution in [2.75, 3.05) is 0 Å². The van der Waals surface area contributed by atoms with Crippen LogP contribution in [0.3, 0.4) is 0 Å². The molecule has 14 heavy (non-hydrogen) atoms. The zero-order valence-electron chi connectivity index (χ0n) is 7.83. The summed E-state index contributed by atoms with van der Waals surface area (Å²) in [5, 5.41) is 9.02. The molecule has 0 spiro atoms. The van der Waals surface area contributed by atoms with Gasteiger partial charge in [0.1, 0.15) is 11.5 Å². The minimum atomic E-state index is -0.924. The topological polar surface area (TPSA) is 55.1 Å². The van der Waals surface area contributed by atoms with Crippen LogP contribution in [0.1, 0.15) is 28.4 Å². The fraction of sp³-hybridized carbons (Fsp3) is 0.556. The van der Waals surface area contributed by atoms with Crippen LogP contribution in [0.25, 0.3) is 0 Å². The van der Waals surface area contributed by atoms with Gasteiger partial charge in [-0.15, -0.1) is 11.6 Å². The Morgan fingerprint density at radius 3 is 3.07 bits per heavy atom. The van der Waals surface area contributed by atoms with Crippen LogP contribution in [0.4, 0.5) is 0 Å². The molecule has 1 aromatic rings. The van der Waals surface area contributed by atoms with E-state index in [1.54, 1.807) is 11.5 Å². The highest BCUT2D eigenvalue weighted by atomic mass is 35.5. The van der Waals surface area contributed by atoms with Crippen LogP contribution in [0.5, 0.6) is 0 Å². The average Bonchev–Trinajstić information content (AvgIpc) is 2.40. The maximum absolute atomic E-state index is 11.0. The molecule has 1 aromatic heterocycles. The molecule has 0 saturated carbocycles. The lowest BCUT2D eigenvalue weighted by Gasteiger charge is -2.19. The first-order chi connectivity index (χ1) is 6.59. The van der Waals surface area contributed by atoms with Crippen LogP contribution in [0, 0.1) is 6.92 Å². The molecule has 0 bridgehead atoms. The average molecular weight is 215 g/mol. The van der Waals surface area contributed by atoms with Gasteiger partial charge in [0.2, 0.25) is 0 Å². The first-order valence-corrected chi connectivity index (χ1v) is 4.96. The molecule has 0 saturated heterocycles. The summed E-state index contributed by atoms with van der Waals surface area (Å²) in [5.41, 5.74) is 0.864. The van der Waals surface area contributed by atoms with Gasteiger partial charge in [-0.05, 0) is 13.3 Å². The monoisotopic (exact) mass is 214 g/mol. The first-order valence-electron chi connectivity index (χ1n) is 4.53. The number of imidazole rings is 1. The molecule has 0 fully saturated rings. The van der Waals surface area contributed by atoms with Crippen LogP contribution in [0.15, 0.2) is 0 Å². The summed E-state index contributed by atoms with van der Waals surface area (Å²) in [6.45, 7) is 2.28. The molecule has 4 nitrogen and oxygen atoms in total. The number of halogens is 1. The molecule has 0 radical (unpaired) electrons. The largest absolute Gasteiger partial charge is 0.477 e. The lowest BCUT2D eigenvalue weighted by Crippen LogP contribution is -2.23. The minimum Gasteiger partial charge on any atom is -0.477 e. The lowest BCUT2D eigenvalue weighted by molar-refractivity contribution is 0.0683. The van der Waals surface area contributed by atoms with Crippen LogP contribution in [-0.2, 0) is 13.0 Å². The lowest BCUT2D eigenvalue weighted by atomic mass is 10.1. The number of rotatable bonds is 1. The number of aromatic carboxylic acids is 1. The Kier molecular flexibility index (Phi) is 2.23.